The summed E-state index contributed by atoms with van der Waals surface area (Å²) in [6.07, 6.45) is 1.46. The van der Waals surface area contributed by atoms with E-state index in [1.807, 2.05) is 0 Å². The molecule has 1 aromatic heterocycles. The summed E-state index contributed by atoms with van der Waals surface area (Å²) >= 11 is 12.0. The third-order valence-electron chi connectivity index (χ3n) is 3.61. The lowest BCUT2D eigenvalue weighted by Crippen LogP contribution is -2.13. The number of rotatable bonds is 5. The molecule has 0 aliphatic rings. The van der Waals surface area contributed by atoms with Gasteiger partial charge in [-0.1, -0.05) is 41.4 Å². The number of anilines is 2. The fraction of sp³-hybridized carbons (Fsp3) is 0.0526. The van der Waals surface area contributed by atoms with Crippen LogP contribution < -0.4 is 10.6 Å². The van der Waals surface area contributed by atoms with Gasteiger partial charge in [0.05, 0.1) is 21.3 Å². The predicted molar refractivity (Wildman–Crippen MR) is 102 cm³/mol. The van der Waals surface area contributed by atoms with Crippen LogP contribution in [0.1, 0.15) is 15.9 Å². The Morgan fingerprint density at radius 2 is 1.81 bits per heavy atom. The Morgan fingerprint density at radius 3 is 2.50 bits per heavy atom. The quantitative estimate of drug-likeness (QED) is 0.614. The van der Waals surface area contributed by atoms with Crippen molar-refractivity contribution in [1.29, 1.82) is 0 Å². The topological polar surface area (TPSA) is 54.0 Å². The molecule has 0 aliphatic heterocycles. The van der Waals surface area contributed by atoms with E-state index in [0.29, 0.717) is 28.6 Å². The molecule has 0 saturated heterocycles. The molecule has 132 valence electrons. The molecule has 1 heterocycles. The number of halogens is 3. The fourth-order valence-electron chi connectivity index (χ4n) is 2.22. The molecule has 2 aromatic carbocycles. The van der Waals surface area contributed by atoms with E-state index in [-0.39, 0.29) is 16.7 Å². The van der Waals surface area contributed by atoms with Gasteiger partial charge in [-0.3, -0.25) is 4.79 Å². The molecule has 0 unspecified atom stereocenters. The van der Waals surface area contributed by atoms with Gasteiger partial charge in [0.2, 0.25) is 0 Å². The Kier molecular flexibility index (Phi) is 5.71. The van der Waals surface area contributed by atoms with E-state index >= 15 is 0 Å². The number of amides is 1. The van der Waals surface area contributed by atoms with Crippen molar-refractivity contribution in [3.63, 3.8) is 0 Å². The first-order valence-corrected chi connectivity index (χ1v) is 8.48. The zero-order valence-corrected chi connectivity index (χ0v) is 15.0. The molecule has 0 spiro atoms. The lowest BCUT2D eigenvalue weighted by atomic mass is 10.2. The number of nitrogens with zero attached hydrogens (tertiary/aromatic N) is 1. The highest BCUT2D eigenvalue weighted by atomic mass is 35.5. The summed E-state index contributed by atoms with van der Waals surface area (Å²) in [5, 5.41) is 6.46. The molecule has 26 heavy (non-hydrogen) atoms. The maximum Gasteiger partial charge on any atom is 0.257 e. The van der Waals surface area contributed by atoms with Crippen LogP contribution >= 0.6 is 23.2 Å². The van der Waals surface area contributed by atoms with Crippen molar-refractivity contribution in [1.82, 2.24) is 4.98 Å². The molecular weight excluding hydrogens is 376 g/mol. The highest BCUT2D eigenvalue weighted by Crippen LogP contribution is 2.29. The van der Waals surface area contributed by atoms with Crippen LogP contribution in [0.5, 0.6) is 0 Å². The number of hydrogen-bond acceptors (Lipinski definition) is 3. The van der Waals surface area contributed by atoms with Gasteiger partial charge in [-0.05, 0) is 42.0 Å². The van der Waals surface area contributed by atoms with Gasteiger partial charge in [-0.15, -0.1) is 0 Å². The number of nitrogens with one attached hydrogen (secondary N) is 2. The van der Waals surface area contributed by atoms with E-state index in [0.717, 1.165) is 5.56 Å². The second-order valence-corrected chi connectivity index (χ2v) is 6.25. The monoisotopic (exact) mass is 389 g/mol. The minimum Gasteiger partial charge on any atom is -0.366 e. The standard InChI is InChI=1S/C19H14Cl2FN3O/c20-15-2-1-3-16(18(15)21)25-19(26)13-6-9-17(24-11-13)23-10-12-4-7-14(22)8-5-12/h1-9,11H,10H2,(H,23,24)(H,25,26). The van der Waals surface area contributed by atoms with Crippen LogP contribution in [0.25, 0.3) is 0 Å². The van der Waals surface area contributed by atoms with Crippen molar-refractivity contribution < 1.29 is 9.18 Å². The zero-order valence-electron chi connectivity index (χ0n) is 13.5. The van der Waals surface area contributed by atoms with Crippen LogP contribution in [0.4, 0.5) is 15.9 Å². The van der Waals surface area contributed by atoms with Crippen molar-refractivity contribution in [2.24, 2.45) is 0 Å². The summed E-state index contributed by atoms with van der Waals surface area (Å²) in [6, 6.07) is 14.5. The molecule has 0 saturated carbocycles. The van der Waals surface area contributed by atoms with E-state index < -0.39 is 0 Å². The van der Waals surface area contributed by atoms with Crippen LogP contribution in [0.3, 0.4) is 0 Å². The zero-order chi connectivity index (χ0) is 18.5. The SMILES string of the molecule is O=C(Nc1cccc(Cl)c1Cl)c1ccc(NCc2ccc(F)cc2)nc1. The van der Waals surface area contributed by atoms with E-state index in [2.05, 4.69) is 15.6 Å². The molecule has 3 rings (SSSR count). The van der Waals surface area contributed by atoms with Crippen molar-refractivity contribution in [3.05, 3.63) is 87.8 Å². The first-order chi connectivity index (χ1) is 12.5. The van der Waals surface area contributed by atoms with Gasteiger partial charge in [0, 0.05) is 12.7 Å². The van der Waals surface area contributed by atoms with Gasteiger partial charge in [-0.25, -0.2) is 9.37 Å². The highest BCUT2D eigenvalue weighted by molar-refractivity contribution is 6.44. The Balaban J connectivity index is 1.62. The molecular formula is C19H14Cl2FN3O. The molecule has 0 fully saturated rings. The van der Waals surface area contributed by atoms with Crippen LogP contribution in [-0.4, -0.2) is 10.9 Å². The number of benzene rings is 2. The van der Waals surface area contributed by atoms with E-state index in [1.165, 1.54) is 18.3 Å². The molecule has 4 nitrogen and oxygen atoms in total. The first kappa shape index (κ1) is 18.2. The predicted octanol–water partition coefficient (Wildman–Crippen LogP) is 5.39. The van der Waals surface area contributed by atoms with Gasteiger partial charge in [-0.2, -0.15) is 0 Å². The third-order valence-corrected chi connectivity index (χ3v) is 4.43. The number of carbonyl (C=O) groups is 1. The summed E-state index contributed by atoms with van der Waals surface area (Å²) in [4.78, 5) is 16.5. The van der Waals surface area contributed by atoms with Gasteiger partial charge in [0.25, 0.3) is 5.91 Å². The second-order valence-electron chi connectivity index (χ2n) is 5.47. The van der Waals surface area contributed by atoms with Crippen molar-refractivity contribution in [2.45, 2.75) is 6.54 Å². The average molecular weight is 390 g/mol. The number of pyridine rings is 1. The Morgan fingerprint density at radius 1 is 1.04 bits per heavy atom. The summed E-state index contributed by atoms with van der Waals surface area (Å²) in [6.45, 7) is 0.497. The number of hydrogen-bond donors (Lipinski definition) is 2. The normalized spacial score (nSPS) is 10.4. The largest absolute Gasteiger partial charge is 0.366 e. The second kappa shape index (κ2) is 8.17. The molecule has 0 atom stereocenters. The lowest BCUT2D eigenvalue weighted by molar-refractivity contribution is 0.102. The van der Waals surface area contributed by atoms with Crippen LogP contribution in [-0.2, 0) is 6.54 Å². The van der Waals surface area contributed by atoms with E-state index in [1.54, 1.807) is 42.5 Å². The van der Waals surface area contributed by atoms with Gasteiger partial charge in [0.1, 0.15) is 11.6 Å². The summed E-state index contributed by atoms with van der Waals surface area (Å²) in [7, 11) is 0. The van der Waals surface area contributed by atoms with Crippen LogP contribution in [0.2, 0.25) is 10.0 Å². The van der Waals surface area contributed by atoms with Crippen molar-refractivity contribution >= 4 is 40.6 Å². The first-order valence-electron chi connectivity index (χ1n) is 7.72. The summed E-state index contributed by atoms with van der Waals surface area (Å²) < 4.78 is 12.9. The maximum absolute atomic E-state index is 12.9. The Bertz CT molecular complexity index is 915. The van der Waals surface area contributed by atoms with Crippen molar-refractivity contribution in [3.8, 4) is 0 Å². The smallest absolute Gasteiger partial charge is 0.257 e. The summed E-state index contributed by atoms with van der Waals surface area (Å²) in [5.74, 6) is -0.0135. The summed E-state index contributed by atoms with van der Waals surface area (Å²) in [5.41, 5.74) is 1.74. The van der Waals surface area contributed by atoms with Gasteiger partial charge in [0.15, 0.2) is 0 Å². The molecule has 7 heteroatoms. The van der Waals surface area contributed by atoms with E-state index in [4.69, 9.17) is 23.2 Å². The Labute approximate surface area is 160 Å². The maximum atomic E-state index is 12.9. The lowest BCUT2D eigenvalue weighted by Gasteiger charge is -2.09. The van der Waals surface area contributed by atoms with E-state index in [9.17, 15) is 9.18 Å². The molecule has 3 aromatic rings. The minimum absolute atomic E-state index is 0.276. The molecule has 0 aliphatic carbocycles. The number of aromatic nitrogens is 1. The highest BCUT2D eigenvalue weighted by Gasteiger charge is 2.10. The average Bonchev–Trinajstić information content (AvgIpc) is 2.65. The minimum atomic E-state index is -0.341. The van der Waals surface area contributed by atoms with Crippen LogP contribution in [0, 0.1) is 5.82 Å². The van der Waals surface area contributed by atoms with Gasteiger partial charge < -0.3 is 10.6 Å². The van der Waals surface area contributed by atoms with Crippen LogP contribution in [0.15, 0.2) is 60.8 Å². The third kappa shape index (κ3) is 4.50. The van der Waals surface area contributed by atoms with Crippen molar-refractivity contribution in [2.75, 3.05) is 10.6 Å². The molecule has 0 radical (unpaired) electrons. The van der Waals surface area contributed by atoms with Gasteiger partial charge >= 0.3 is 0 Å². The number of carbonyl (C=O) groups excluding carboxylic acids is 1. The molecule has 0 bridgehead atoms. The molecule has 1 amide bonds. The Hall–Kier alpha value is -2.63. The molecule has 2 N–H and O–H groups in total. The fourth-order valence-corrected chi connectivity index (χ4v) is 2.57.